The molecule has 0 bridgehead atoms. The van der Waals surface area contributed by atoms with Crippen molar-refractivity contribution >= 4 is 0 Å². The maximum atomic E-state index is 2.30. The van der Waals surface area contributed by atoms with E-state index in [9.17, 15) is 0 Å². The van der Waals surface area contributed by atoms with Gasteiger partial charge in [-0.3, -0.25) is 0 Å². The second-order valence-corrected chi connectivity index (χ2v) is 3.26. The SMILES string of the molecule is CCC(C)C(C)n1cccc1. The van der Waals surface area contributed by atoms with E-state index in [0.29, 0.717) is 6.04 Å². The zero-order valence-corrected chi connectivity index (χ0v) is 7.62. The molecule has 11 heavy (non-hydrogen) atoms. The molecule has 0 saturated carbocycles. The van der Waals surface area contributed by atoms with Crippen molar-refractivity contribution < 1.29 is 0 Å². The van der Waals surface area contributed by atoms with Crippen molar-refractivity contribution in [2.24, 2.45) is 5.92 Å². The van der Waals surface area contributed by atoms with Gasteiger partial charge in [0.1, 0.15) is 0 Å². The van der Waals surface area contributed by atoms with Crippen LogP contribution in [0.3, 0.4) is 0 Å². The molecule has 1 aromatic heterocycles. The summed E-state index contributed by atoms with van der Waals surface area (Å²) in [5, 5.41) is 0. The molecule has 1 heteroatoms. The number of aromatic nitrogens is 1. The third-order valence-electron chi connectivity index (χ3n) is 2.57. The van der Waals surface area contributed by atoms with Crippen molar-refractivity contribution in [3.05, 3.63) is 24.5 Å². The van der Waals surface area contributed by atoms with Crippen molar-refractivity contribution in [1.29, 1.82) is 0 Å². The van der Waals surface area contributed by atoms with E-state index in [2.05, 4.69) is 49.9 Å². The van der Waals surface area contributed by atoms with Gasteiger partial charge in [0.15, 0.2) is 0 Å². The first-order valence-corrected chi connectivity index (χ1v) is 4.38. The molecule has 0 saturated heterocycles. The van der Waals surface area contributed by atoms with E-state index in [1.165, 1.54) is 6.42 Å². The first kappa shape index (κ1) is 8.38. The summed E-state index contributed by atoms with van der Waals surface area (Å²) in [5.41, 5.74) is 0. The molecule has 0 aliphatic heterocycles. The molecule has 2 unspecified atom stereocenters. The lowest BCUT2D eigenvalue weighted by atomic mass is 10.0. The molecule has 0 aliphatic carbocycles. The number of hydrogen-bond donors (Lipinski definition) is 0. The minimum absolute atomic E-state index is 0.634. The van der Waals surface area contributed by atoms with Crippen LogP contribution >= 0.6 is 0 Å². The van der Waals surface area contributed by atoms with Gasteiger partial charge in [-0.25, -0.2) is 0 Å². The Labute approximate surface area is 69.0 Å². The molecular weight excluding hydrogens is 134 g/mol. The van der Waals surface area contributed by atoms with Gasteiger partial charge in [-0.2, -0.15) is 0 Å². The minimum atomic E-state index is 0.634. The molecule has 1 heterocycles. The van der Waals surface area contributed by atoms with Crippen LogP contribution in [0.15, 0.2) is 24.5 Å². The topological polar surface area (TPSA) is 4.93 Å². The molecule has 0 amide bonds. The molecule has 0 aromatic carbocycles. The third kappa shape index (κ3) is 1.86. The van der Waals surface area contributed by atoms with Gasteiger partial charge in [-0.15, -0.1) is 0 Å². The van der Waals surface area contributed by atoms with Crippen LogP contribution in [0.25, 0.3) is 0 Å². The van der Waals surface area contributed by atoms with Crippen LogP contribution in [0.2, 0.25) is 0 Å². The van der Waals surface area contributed by atoms with Gasteiger partial charge in [-0.1, -0.05) is 20.3 Å². The van der Waals surface area contributed by atoms with Gasteiger partial charge in [0, 0.05) is 18.4 Å². The Morgan fingerprint density at radius 1 is 1.18 bits per heavy atom. The fraction of sp³-hybridized carbons (Fsp3) is 0.600. The summed E-state index contributed by atoms with van der Waals surface area (Å²) in [6, 6.07) is 4.80. The van der Waals surface area contributed by atoms with Gasteiger partial charge in [0.05, 0.1) is 0 Å². The average molecular weight is 151 g/mol. The highest BCUT2D eigenvalue weighted by Gasteiger charge is 2.09. The summed E-state index contributed by atoms with van der Waals surface area (Å²) in [6.07, 6.45) is 5.52. The molecule has 2 atom stereocenters. The third-order valence-corrected chi connectivity index (χ3v) is 2.57. The monoisotopic (exact) mass is 151 g/mol. The van der Waals surface area contributed by atoms with Crippen molar-refractivity contribution in [2.45, 2.75) is 33.2 Å². The molecule has 1 rings (SSSR count). The molecule has 0 N–H and O–H groups in total. The van der Waals surface area contributed by atoms with E-state index in [0.717, 1.165) is 5.92 Å². The normalized spacial score (nSPS) is 16.3. The molecular formula is C10H17N. The maximum absolute atomic E-state index is 2.30. The molecule has 1 nitrogen and oxygen atoms in total. The molecule has 0 radical (unpaired) electrons. The van der Waals surface area contributed by atoms with E-state index in [1.807, 2.05) is 0 Å². The Morgan fingerprint density at radius 3 is 2.18 bits per heavy atom. The molecule has 0 aliphatic rings. The van der Waals surface area contributed by atoms with E-state index >= 15 is 0 Å². The largest absolute Gasteiger partial charge is 0.351 e. The molecule has 1 aromatic rings. The molecule has 0 spiro atoms. The first-order chi connectivity index (χ1) is 5.25. The zero-order chi connectivity index (χ0) is 8.27. The van der Waals surface area contributed by atoms with Crippen LogP contribution in [0.1, 0.15) is 33.2 Å². The summed E-state index contributed by atoms with van der Waals surface area (Å²) in [6.45, 7) is 6.81. The van der Waals surface area contributed by atoms with Gasteiger partial charge in [0.25, 0.3) is 0 Å². The summed E-state index contributed by atoms with van der Waals surface area (Å²) < 4.78 is 2.27. The highest BCUT2D eigenvalue weighted by Crippen LogP contribution is 2.19. The molecule has 0 fully saturated rings. The Kier molecular flexibility index (Phi) is 2.75. The summed E-state index contributed by atoms with van der Waals surface area (Å²) in [5.74, 6) is 0.766. The van der Waals surface area contributed by atoms with Crippen LogP contribution in [0.4, 0.5) is 0 Å². The van der Waals surface area contributed by atoms with Crippen molar-refractivity contribution in [1.82, 2.24) is 4.57 Å². The van der Waals surface area contributed by atoms with E-state index in [-0.39, 0.29) is 0 Å². The second-order valence-electron chi connectivity index (χ2n) is 3.26. The van der Waals surface area contributed by atoms with Crippen LogP contribution in [-0.2, 0) is 0 Å². The average Bonchev–Trinajstić information content (AvgIpc) is 2.53. The lowest BCUT2D eigenvalue weighted by molar-refractivity contribution is 0.371. The fourth-order valence-electron chi connectivity index (χ4n) is 1.25. The van der Waals surface area contributed by atoms with Gasteiger partial charge in [0.2, 0.25) is 0 Å². The van der Waals surface area contributed by atoms with Gasteiger partial charge >= 0.3 is 0 Å². The van der Waals surface area contributed by atoms with Crippen molar-refractivity contribution in [3.8, 4) is 0 Å². The van der Waals surface area contributed by atoms with Gasteiger partial charge in [-0.05, 0) is 25.0 Å². The predicted molar refractivity (Wildman–Crippen MR) is 48.6 cm³/mol. The Hall–Kier alpha value is -0.720. The number of hydrogen-bond acceptors (Lipinski definition) is 0. The van der Waals surface area contributed by atoms with Gasteiger partial charge < -0.3 is 4.57 Å². The number of rotatable bonds is 3. The summed E-state index contributed by atoms with van der Waals surface area (Å²) >= 11 is 0. The quantitative estimate of drug-likeness (QED) is 0.625. The lowest BCUT2D eigenvalue weighted by Gasteiger charge is -2.19. The highest BCUT2D eigenvalue weighted by atomic mass is 15.0. The van der Waals surface area contributed by atoms with Crippen LogP contribution in [0, 0.1) is 5.92 Å². The van der Waals surface area contributed by atoms with E-state index < -0.39 is 0 Å². The predicted octanol–water partition coefficient (Wildman–Crippen LogP) is 3.10. The first-order valence-electron chi connectivity index (χ1n) is 4.38. The van der Waals surface area contributed by atoms with Crippen molar-refractivity contribution in [3.63, 3.8) is 0 Å². The smallest absolute Gasteiger partial charge is 0.0327 e. The fourth-order valence-corrected chi connectivity index (χ4v) is 1.25. The molecule has 62 valence electrons. The van der Waals surface area contributed by atoms with E-state index in [4.69, 9.17) is 0 Å². The Morgan fingerprint density at radius 2 is 1.73 bits per heavy atom. The van der Waals surface area contributed by atoms with Crippen LogP contribution in [-0.4, -0.2) is 4.57 Å². The standard InChI is InChI=1S/C10H17N/c1-4-9(2)10(3)11-7-5-6-8-11/h5-10H,4H2,1-3H3. The Balaban J connectivity index is 2.62. The van der Waals surface area contributed by atoms with Crippen LogP contribution in [0.5, 0.6) is 0 Å². The Bertz CT molecular complexity index is 189. The zero-order valence-electron chi connectivity index (χ0n) is 7.62. The second kappa shape index (κ2) is 3.61. The van der Waals surface area contributed by atoms with Crippen LogP contribution < -0.4 is 0 Å². The number of nitrogens with zero attached hydrogens (tertiary/aromatic N) is 1. The highest BCUT2D eigenvalue weighted by molar-refractivity contribution is 4.93. The van der Waals surface area contributed by atoms with E-state index in [1.54, 1.807) is 0 Å². The summed E-state index contributed by atoms with van der Waals surface area (Å²) in [4.78, 5) is 0. The van der Waals surface area contributed by atoms with Crippen molar-refractivity contribution in [2.75, 3.05) is 0 Å². The maximum Gasteiger partial charge on any atom is 0.0327 e. The lowest BCUT2D eigenvalue weighted by Crippen LogP contribution is -2.11. The minimum Gasteiger partial charge on any atom is -0.351 e. The summed E-state index contributed by atoms with van der Waals surface area (Å²) in [7, 11) is 0.